The third-order valence-electron chi connectivity index (χ3n) is 5.69. The van der Waals surface area contributed by atoms with Gasteiger partial charge in [0.2, 0.25) is 5.91 Å². The third-order valence-corrected chi connectivity index (χ3v) is 5.69. The van der Waals surface area contributed by atoms with E-state index in [4.69, 9.17) is 4.99 Å². The Labute approximate surface area is 208 Å². The molecule has 1 amide bonds. The lowest BCUT2D eigenvalue weighted by Crippen LogP contribution is -2.55. The van der Waals surface area contributed by atoms with E-state index in [0.717, 1.165) is 44.2 Å². The van der Waals surface area contributed by atoms with E-state index in [-0.39, 0.29) is 29.9 Å². The number of hydrogen-bond acceptors (Lipinski definition) is 4. The van der Waals surface area contributed by atoms with Gasteiger partial charge in [-0.15, -0.1) is 24.0 Å². The number of benzene rings is 1. The van der Waals surface area contributed by atoms with Gasteiger partial charge in [0.25, 0.3) is 0 Å². The maximum atomic E-state index is 12.7. The van der Waals surface area contributed by atoms with Crippen molar-refractivity contribution >= 4 is 41.5 Å². The second-order valence-corrected chi connectivity index (χ2v) is 8.11. The zero-order valence-corrected chi connectivity index (χ0v) is 21.9. The van der Waals surface area contributed by atoms with Crippen LogP contribution in [0.25, 0.3) is 0 Å². The Hall–Kier alpha value is -2.14. The van der Waals surface area contributed by atoms with Crippen molar-refractivity contribution in [1.29, 1.82) is 0 Å². The van der Waals surface area contributed by atoms with E-state index in [1.807, 2.05) is 19.3 Å². The molecule has 2 heterocycles. The highest BCUT2D eigenvalue weighted by Crippen LogP contribution is 2.16. The normalized spacial score (nSPS) is 15.7. The lowest BCUT2D eigenvalue weighted by molar-refractivity contribution is -0.120. The van der Waals surface area contributed by atoms with Crippen LogP contribution in [0.4, 0.5) is 5.69 Å². The van der Waals surface area contributed by atoms with E-state index in [1.54, 1.807) is 15.8 Å². The molecule has 1 aromatic heterocycles. The molecule has 1 aliphatic rings. The van der Waals surface area contributed by atoms with Gasteiger partial charge in [-0.3, -0.25) is 19.4 Å². The van der Waals surface area contributed by atoms with E-state index in [1.165, 1.54) is 5.56 Å². The first-order valence-electron chi connectivity index (χ1n) is 11.0. The van der Waals surface area contributed by atoms with Crippen molar-refractivity contribution in [2.75, 3.05) is 44.7 Å². The number of halogens is 1. The molecule has 32 heavy (non-hydrogen) atoms. The highest BCUT2D eigenvalue weighted by Gasteiger charge is 2.27. The lowest BCUT2D eigenvalue weighted by atomic mass is 10.1. The van der Waals surface area contributed by atoms with Crippen molar-refractivity contribution < 1.29 is 4.79 Å². The van der Waals surface area contributed by atoms with Crippen LogP contribution in [-0.4, -0.2) is 77.3 Å². The van der Waals surface area contributed by atoms with Gasteiger partial charge < -0.3 is 15.1 Å². The molecule has 0 spiro atoms. The first kappa shape index (κ1) is 26.1. The molecule has 8 nitrogen and oxygen atoms in total. The van der Waals surface area contributed by atoms with E-state index >= 15 is 0 Å². The molecule has 176 valence electrons. The average Bonchev–Trinajstić information content (AvgIpc) is 3.19. The fourth-order valence-corrected chi connectivity index (χ4v) is 3.71. The molecule has 2 aromatic rings. The number of aromatic nitrogens is 2. The Morgan fingerprint density at radius 1 is 1.28 bits per heavy atom. The first-order chi connectivity index (χ1) is 15.0. The highest BCUT2D eigenvalue weighted by molar-refractivity contribution is 14.0. The summed E-state index contributed by atoms with van der Waals surface area (Å²) in [6.07, 6.45) is 4.57. The van der Waals surface area contributed by atoms with Crippen molar-refractivity contribution in [2.24, 2.45) is 12.0 Å². The predicted molar refractivity (Wildman–Crippen MR) is 141 cm³/mol. The molecule has 9 heteroatoms. The van der Waals surface area contributed by atoms with Crippen LogP contribution >= 0.6 is 24.0 Å². The fraction of sp³-hybridized carbons (Fsp3) is 0.522. The van der Waals surface area contributed by atoms with Gasteiger partial charge in [0.05, 0.1) is 11.9 Å². The van der Waals surface area contributed by atoms with Gasteiger partial charge in [-0.1, -0.05) is 30.3 Å². The SMILES string of the molecule is CCNC(=NCCC(C)N(C)Cc1ccccc1)N1CCN(c2cnn(C)c2)C(=O)C1.I. The highest BCUT2D eigenvalue weighted by atomic mass is 127. The monoisotopic (exact) mass is 553 g/mol. The number of nitrogens with zero attached hydrogens (tertiary/aromatic N) is 6. The number of rotatable bonds is 8. The summed E-state index contributed by atoms with van der Waals surface area (Å²) in [6, 6.07) is 10.9. The van der Waals surface area contributed by atoms with Gasteiger partial charge in [-0.25, -0.2) is 0 Å². The molecule has 1 atom stereocenters. The summed E-state index contributed by atoms with van der Waals surface area (Å²) in [4.78, 5) is 23.8. The number of aryl methyl sites for hydroxylation is 1. The minimum atomic E-state index is 0. The number of anilines is 1. The zero-order chi connectivity index (χ0) is 22.2. The zero-order valence-electron chi connectivity index (χ0n) is 19.6. The first-order valence-corrected chi connectivity index (χ1v) is 11.0. The molecule has 0 aliphatic carbocycles. The topological polar surface area (TPSA) is 69.0 Å². The number of guanidine groups is 1. The fourth-order valence-electron chi connectivity index (χ4n) is 3.71. The molecule has 1 aliphatic heterocycles. The molecular formula is C23H36IN7O. The molecule has 1 saturated heterocycles. The Morgan fingerprint density at radius 2 is 2.03 bits per heavy atom. The van der Waals surface area contributed by atoms with E-state index < -0.39 is 0 Å². The van der Waals surface area contributed by atoms with Gasteiger partial charge in [0.1, 0.15) is 6.54 Å². The number of piperazine rings is 1. The van der Waals surface area contributed by atoms with Crippen molar-refractivity contribution in [3.8, 4) is 0 Å². The van der Waals surface area contributed by atoms with Crippen molar-refractivity contribution in [1.82, 2.24) is 24.9 Å². The van der Waals surface area contributed by atoms with Crippen LogP contribution < -0.4 is 10.2 Å². The van der Waals surface area contributed by atoms with E-state index in [0.29, 0.717) is 19.1 Å². The summed E-state index contributed by atoms with van der Waals surface area (Å²) < 4.78 is 1.72. The number of aliphatic imine (C=N–C) groups is 1. The lowest BCUT2D eigenvalue weighted by Gasteiger charge is -2.35. The minimum Gasteiger partial charge on any atom is -0.357 e. The molecule has 0 bridgehead atoms. The molecular weight excluding hydrogens is 517 g/mol. The van der Waals surface area contributed by atoms with Crippen LogP contribution in [0, 0.1) is 0 Å². The quantitative estimate of drug-likeness (QED) is 0.309. The number of amides is 1. The van der Waals surface area contributed by atoms with Gasteiger partial charge >= 0.3 is 0 Å². The van der Waals surface area contributed by atoms with Crippen LogP contribution in [0.2, 0.25) is 0 Å². The van der Waals surface area contributed by atoms with Crippen LogP contribution in [0.3, 0.4) is 0 Å². The molecule has 0 saturated carbocycles. The molecule has 1 fully saturated rings. The predicted octanol–water partition coefficient (Wildman–Crippen LogP) is 2.56. The summed E-state index contributed by atoms with van der Waals surface area (Å²) >= 11 is 0. The van der Waals surface area contributed by atoms with Gasteiger partial charge in [0, 0.05) is 52.0 Å². The van der Waals surface area contributed by atoms with Gasteiger partial charge in [-0.05, 0) is 32.9 Å². The standard InChI is InChI=1S/C23H35N7O.HI/c1-5-24-23(25-12-11-19(2)27(3)16-20-9-7-6-8-10-20)29-13-14-30(22(31)18-29)21-15-26-28(4)17-21;/h6-10,15,17,19H,5,11-14,16,18H2,1-4H3,(H,24,25);1H. The molecule has 3 rings (SSSR count). The summed E-state index contributed by atoms with van der Waals surface area (Å²) in [5.41, 5.74) is 2.17. The van der Waals surface area contributed by atoms with Crippen molar-refractivity contribution in [3.05, 3.63) is 48.3 Å². The summed E-state index contributed by atoms with van der Waals surface area (Å²) in [7, 11) is 4.02. The van der Waals surface area contributed by atoms with Gasteiger partial charge in [-0.2, -0.15) is 5.10 Å². The van der Waals surface area contributed by atoms with E-state index in [9.17, 15) is 4.79 Å². The smallest absolute Gasteiger partial charge is 0.246 e. The Balaban J connectivity index is 0.00000363. The minimum absolute atomic E-state index is 0. The summed E-state index contributed by atoms with van der Waals surface area (Å²) in [6.45, 7) is 8.42. The van der Waals surface area contributed by atoms with Crippen LogP contribution in [0.1, 0.15) is 25.8 Å². The van der Waals surface area contributed by atoms with Crippen molar-refractivity contribution in [2.45, 2.75) is 32.9 Å². The number of hydrogen-bond donors (Lipinski definition) is 1. The largest absolute Gasteiger partial charge is 0.357 e. The van der Waals surface area contributed by atoms with E-state index in [2.05, 4.69) is 65.4 Å². The van der Waals surface area contributed by atoms with Crippen LogP contribution in [0.5, 0.6) is 0 Å². The molecule has 1 N–H and O–H groups in total. The maximum absolute atomic E-state index is 12.7. The number of carbonyl (C=O) groups excluding carboxylic acids is 1. The summed E-state index contributed by atoms with van der Waals surface area (Å²) in [5.74, 6) is 0.889. The molecule has 1 aromatic carbocycles. The Morgan fingerprint density at radius 3 is 2.66 bits per heavy atom. The second kappa shape index (κ2) is 12.8. The molecule has 0 radical (unpaired) electrons. The summed E-state index contributed by atoms with van der Waals surface area (Å²) in [5, 5.41) is 7.53. The average molecular weight is 553 g/mol. The maximum Gasteiger partial charge on any atom is 0.246 e. The number of nitrogens with one attached hydrogen (secondary N) is 1. The Bertz CT molecular complexity index is 870. The molecule has 1 unspecified atom stereocenters. The van der Waals surface area contributed by atoms with Crippen LogP contribution in [0.15, 0.2) is 47.7 Å². The van der Waals surface area contributed by atoms with Crippen LogP contribution in [-0.2, 0) is 18.4 Å². The number of carbonyl (C=O) groups is 1. The van der Waals surface area contributed by atoms with Gasteiger partial charge in [0.15, 0.2) is 5.96 Å². The van der Waals surface area contributed by atoms with Crippen molar-refractivity contribution in [3.63, 3.8) is 0 Å². The third kappa shape index (κ3) is 7.19. The second-order valence-electron chi connectivity index (χ2n) is 8.11. The Kier molecular flexibility index (Phi) is 10.4.